The van der Waals surface area contributed by atoms with Gasteiger partial charge in [-0.1, -0.05) is 0 Å². The van der Waals surface area contributed by atoms with Crippen molar-refractivity contribution in [2.45, 2.75) is 52.3 Å². The summed E-state index contributed by atoms with van der Waals surface area (Å²) in [7, 11) is 0. The summed E-state index contributed by atoms with van der Waals surface area (Å²) in [6, 6.07) is 3.09. The topological polar surface area (TPSA) is 76.7 Å². The largest absolute Gasteiger partial charge is 0.462 e. The predicted octanol–water partition coefficient (Wildman–Crippen LogP) is 4.60. The van der Waals surface area contributed by atoms with Gasteiger partial charge in [-0.05, 0) is 58.7 Å². The molecule has 1 rings (SSSR count). The van der Waals surface area contributed by atoms with Crippen LogP contribution in [0.1, 0.15) is 56.5 Å². The molecule has 0 aliphatic heterocycles. The van der Waals surface area contributed by atoms with Crippen molar-refractivity contribution in [3.05, 3.63) is 29.3 Å². The Bertz CT molecular complexity index is 670. The number of nitrogens with one attached hydrogen (secondary N) is 2. The zero-order valence-corrected chi connectivity index (χ0v) is 16.5. The number of ether oxygens (including phenoxy) is 2. The summed E-state index contributed by atoms with van der Waals surface area (Å²) in [4.78, 5) is 23.3. The number of alkyl halides is 3. The van der Waals surface area contributed by atoms with Crippen molar-refractivity contribution < 1.29 is 32.2 Å². The lowest BCUT2D eigenvalue weighted by molar-refractivity contribution is -0.137. The Labute approximate surface area is 162 Å². The fourth-order valence-electron chi connectivity index (χ4n) is 2.26. The van der Waals surface area contributed by atoms with Gasteiger partial charge in [0.1, 0.15) is 5.60 Å². The van der Waals surface area contributed by atoms with Crippen LogP contribution in [0.3, 0.4) is 0 Å². The van der Waals surface area contributed by atoms with Crippen LogP contribution in [0, 0.1) is 0 Å². The minimum absolute atomic E-state index is 0.0453. The highest BCUT2D eigenvalue weighted by atomic mass is 19.4. The summed E-state index contributed by atoms with van der Waals surface area (Å²) in [6.07, 6.45) is -4.03. The van der Waals surface area contributed by atoms with Crippen molar-refractivity contribution in [2.75, 3.05) is 25.0 Å². The van der Waals surface area contributed by atoms with Crippen molar-refractivity contribution in [1.29, 1.82) is 0 Å². The van der Waals surface area contributed by atoms with E-state index >= 15 is 0 Å². The predicted molar refractivity (Wildman–Crippen MR) is 99.4 cm³/mol. The Morgan fingerprint density at radius 2 is 1.71 bits per heavy atom. The monoisotopic (exact) mass is 404 g/mol. The first-order chi connectivity index (χ1) is 12.9. The van der Waals surface area contributed by atoms with Crippen LogP contribution < -0.4 is 10.6 Å². The molecule has 2 N–H and O–H groups in total. The number of hydrogen-bond acceptors (Lipinski definition) is 5. The summed E-state index contributed by atoms with van der Waals surface area (Å²) in [5, 5.41) is 5.29. The van der Waals surface area contributed by atoms with E-state index in [9.17, 15) is 22.8 Å². The van der Waals surface area contributed by atoms with E-state index in [4.69, 9.17) is 9.47 Å². The molecule has 0 saturated carbocycles. The number of anilines is 1. The normalized spacial score (nSPS) is 11.7. The zero-order chi connectivity index (χ0) is 21.4. The van der Waals surface area contributed by atoms with Crippen LogP contribution in [-0.4, -0.2) is 37.4 Å². The Morgan fingerprint density at radius 1 is 1.07 bits per heavy atom. The molecule has 1 amide bonds. The molecule has 6 nitrogen and oxygen atoms in total. The standard InChI is InChI=1S/C19H27F3N2O4/c1-5-27-16(25)13-8-9-14(19(20,21)22)15(12-13)23-10-6-7-11-24-17(26)28-18(2,3)4/h8-9,12,23H,5-7,10-11H2,1-4H3,(H,24,26). The van der Waals surface area contributed by atoms with Crippen molar-refractivity contribution >= 4 is 17.7 Å². The highest BCUT2D eigenvalue weighted by Gasteiger charge is 2.33. The van der Waals surface area contributed by atoms with Gasteiger partial charge in [0, 0.05) is 18.8 Å². The van der Waals surface area contributed by atoms with Gasteiger partial charge in [0.25, 0.3) is 0 Å². The van der Waals surface area contributed by atoms with Gasteiger partial charge in [-0.15, -0.1) is 0 Å². The molecule has 0 heterocycles. The molecular weight excluding hydrogens is 377 g/mol. The maximum atomic E-state index is 13.2. The molecule has 1 aromatic rings. The molecule has 0 radical (unpaired) electrons. The Kier molecular flexibility index (Phi) is 8.59. The minimum atomic E-state index is -4.55. The van der Waals surface area contributed by atoms with Crippen LogP contribution >= 0.6 is 0 Å². The number of amides is 1. The first-order valence-electron chi connectivity index (χ1n) is 9.03. The van der Waals surface area contributed by atoms with Crippen molar-refractivity contribution in [1.82, 2.24) is 5.32 Å². The number of benzene rings is 1. The molecule has 0 aromatic heterocycles. The average molecular weight is 404 g/mol. The van der Waals surface area contributed by atoms with Gasteiger partial charge >= 0.3 is 18.2 Å². The van der Waals surface area contributed by atoms with Gasteiger partial charge in [-0.2, -0.15) is 13.2 Å². The van der Waals surface area contributed by atoms with E-state index in [1.807, 2.05) is 0 Å². The molecule has 1 aromatic carbocycles. The SMILES string of the molecule is CCOC(=O)c1ccc(C(F)(F)F)c(NCCCCNC(=O)OC(C)(C)C)c1. The third-order valence-corrected chi connectivity index (χ3v) is 3.42. The number of unbranched alkanes of at least 4 members (excludes halogenated alkanes) is 1. The first kappa shape index (κ1) is 23.6. The van der Waals surface area contributed by atoms with Crippen LogP contribution in [0.25, 0.3) is 0 Å². The third-order valence-electron chi connectivity index (χ3n) is 3.42. The van der Waals surface area contributed by atoms with E-state index in [2.05, 4.69) is 10.6 Å². The summed E-state index contributed by atoms with van der Waals surface area (Å²) < 4.78 is 49.4. The van der Waals surface area contributed by atoms with E-state index in [1.54, 1.807) is 27.7 Å². The van der Waals surface area contributed by atoms with Crippen molar-refractivity contribution in [3.63, 3.8) is 0 Å². The summed E-state index contributed by atoms with van der Waals surface area (Å²) in [6.45, 7) is 7.58. The quantitative estimate of drug-likeness (QED) is 0.489. The van der Waals surface area contributed by atoms with Gasteiger partial charge < -0.3 is 20.1 Å². The molecule has 0 aliphatic carbocycles. The molecule has 0 bridgehead atoms. The van der Waals surface area contributed by atoms with E-state index in [-0.39, 0.29) is 24.4 Å². The Balaban J connectivity index is 2.58. The Morgan fingerprint density at radius 3 is 2.29 bits per heavy atom. The van der Waals surface area contributed by atoms with Crippen LogP contribution in [0.4, 0.5) is 23.7 Å². The molecule has 0 unspecified atom stereocenters. The van der Waals surface area contributed by atoms with Crippen LogP contribution in [-0.2, 0) is 15.7 Å². The third kappa shape index (κ3) is 8.49. The number of esters is 1. The van der Waals surface area contributed by atoms with Gasteiger partial charge in [-0.25, -0.2) is 9.59 Å². The second-order valence-electron chi connectivity index (χ2n) is 7.04. The lowest BCUT2D eigenvalue weighted by Crippen LogP contribution is -2.33. The number of carbonyl (C=O) groups excluding carboxylic acids is 2. The highest BCUT2D eigenvalue weighted by molar-refractivity contribution is 5.91. The zero-order valence-electron chi connectivity index (χ0n) is 16.5. The molecule has 9 heteroatoms. The number of carbonyl (C=O) groups is 2. The summed E-state index contributed by atoms with van der Waals surface area (Å²) >= 11 is 0. The molecule has 0 saturated heterocycles. The summed E-state index contributed by atoms with van der Waals surface area (Å²) in [5.74, 6) is -0.680. The fourth-order valence-corrected chi connectivity index (χ4v) is 2.26. The first-order valence-corrected chi connectivity index (χ1v) is 9.03. The van der Waals surface area contributed by atoms with Gasteiger partial charge in [0.15, 0.2) is 0 Å². The summed E-state index contributed by atoms with van der Waals surface area (Å²) in [5.41, 5.74) is -1.58. The molecular formula is C19H27F3N2O4. The maximum Gasteiger partial charge on any atom is 0.418 e. The van der Waals surface area contributed by atoms with Gasteiger partial charge in [0.2, 0.25) is 0 Å². The molecule has 0 fully saturated rings. The average Bonchev–Trinajstić information content (AvgIpc) is 2.55. The van der Waals surface area contributed by atoms with Gasteiger partial charge in [0.05, 0.1) is 17.7 Å². The second kappa shape index (κ2) is 10.2. The van der Waals surface area contributed by atoms with E-state index in [1.165, 1.54) is 0 Å². The second-order valence-corrected chi connectivity index (χ2v) is 7.04. The van der Waals surface area contributed by atoms with E-state index in [0.717, 1.165) is 18.2 Å². The van der Waals surface area contributed by atoms with Crippen molar-refractivity contribution in [2.24, 2.45) is 0 Å². The molecule has 158 valence electrons. The van der Waals surface area contributed by atoms with Gasteiger partial charge in [-0.3, -0.25) is 0 Å². The van der Waals surface area contributed by atoms with Crippen LogP contribution in [0.2, 0.25) is 0 Å². The Hall–Kier alpha value is -2.45. The van der Waals surface area contributed by atoms with Crippen LogP contribution in [0.15, 0.2) is 18.2 Å². The van der Waals surface area contributed by atoms with Crippen LogP contribution in [0.5, 0.6) is 0 Å². The lowest BCUT2D eigenvalue weighted by atomic mass is 10.1. The van der Waals surface area contributed by atoms with E-state index < -0.39 is 29.4 Å². The molecule has 0 spiro atoms. The molecule has 0 atom stereocenters. The van der Waals surface area contributed by atoms with E-state index in [0.29, 0.717) is 19.4 Å². The molecule has 28 heavy (non-hydrogen) atoms. The fraction of sp³-hybridized carbons (Fsp3) is 0.579. The van der Waals surface area contributed by atoms with Crippen molar-refractivity contribution in [3.8, 4) is 0 Å². The molecule has 0 aliphatic rings. The smallest absolute Gasteiger partial charge is 0.418 e. The maximum absolute atomic E-state index is 13.2. The number of halogens is 3. The minimum Gasteiger partial charge on any atom is -0.462 e. The lowest BCUT2D eigenvalue weighted by Gasteiger charge is -2.19. The number of hydrogen-bond donors (Lipinski definition) is 2. The highest BCUT2D eigenvalue weighted by Crippen LogP contribution is 2.35. The number of alkyl carbamates (subject to hydrolysis) is 1. The number of rotatable bonds is 8.